The molecule has 2 fully saturated rings. The predicted octanol–water partition coefficient (Wildman–Crippen LogP) is 2.94. The summed E-state index contributed by atoms with van der Waals surface area (Å²) in [5, 5.41) is 9.59. The molecule has 1 saturated carbocycles. The molecule has 1 atom stereocenters. The fourth-order valence-corrected chi connectivity index (χ4v) is 4.12. The number of carboxylic acids is 1. The van der Waals surface area contributed by atoms with Gasteiger partial charge in [0.25, 0.3) is 5.91 Å². The highest BCUT2D eigenvalue weighted by Gasteiger charge is 2.54. The van der Waals surface area contributed by atoms with Gasteiger partial charge < -0.3 is 9.84 Å². The van der Waals surface area contributed by atoms with Gasteiger partial charge in [-0.2, -0.15) is 0 Å². The summed E-state index contributed by atoms with van der Waals surface area (Å²) < 4.78 is 5.98. The summed E-state index contributed by atoms with van der Waals surface area (Å²) in [5.41, 5.74) is -0.151. The number of carboxylic acid groups (broad SMARTS) is 1. The summed E-state index contributed by atoms with van der Waals surface area (Å²) in [7, 11) is 0. The second-order valence-electron chi connectivity index (χ2n) is 8.16. The molecule has 1 N–H and O–H groups in total. The van der Waals surface area contributed by atoms with Crippen LogP contribution in [0.5, 0.6) is 0 Å². The Morgan fingerprint density at radius 1 is 1.24 bits per heavy atom. The molecular formula is C19H26N2O4. The average molecular weight is 346 g/mol. The van der Waals surface area contributed by atoms with E-state index in [9.17, 15) is 14.7 Å². The van der Waals surface area contributed by atoms with Gasteiger partial charge in [-0.15, -0.1) is 0 Å². The van der Waals surface area contributed by atoms with Crippen molar-refractivity contribution in [1.29, 1.82) is 0 Å². The molecule has 1 aliphatic heterocycles. The Labute approximate surface area is 148 Å². The van der Waals surface area contributed by atoms with Crippen molar-refractivity contribution in [2.24, 2.45) is 11.3 Å². The van der Waals surface area contributed by atoms with E-state index in [1.807, 2.05) is 0 Å². The SMILES string of the molecule is CC(C)(C)C1CCC2(CC1)OCC(C(=O)O)N2C(=O)c1ccncc1. The van der Waals surface area contributed by atoms with E-state index in [1.165, 1.54) is 4.90 Å². The first-order chi connectivity index (χ1) is 11.7. The van der Waals surface area contributed by atoms with Crippen LogP contribution in [-0.4, -0.2) is 45.2 Å². The molecule has 2 heterocycles. The van der Waals surface area contributed by atoms with Gasteiger partial charge in [-0.1, -0.05) is 20.8 Å². The molecule has 1 aliphatic carbocycles. The molecule has 25 heavy (non-hydrogen) atoms. The van der Waals surface area contributed by atoms with Crippen LogP contribution >= 0.6 is 0 Å². The topological polar surface area (TPSA) is 79.7 Å². The maximum absolute atomic E-state index is 13.1. The van der Waals surface area contributed by atoms with Gasteiger partial charge in [-0.3, -0.25) is 14.7 Å². The maximum atomic E-state index is 13.1. The maximum Gasteiger partial charge on any atom is 0.328 e. The minimum Gasteiger partial charge on any atom is -0.480 e. The highest BCUT2D eigenvalue weighted by Crippen LogP contribution is 2.47. The number of aromatic nitrogens is 1. The van der Waals surface area contributed by atoms with Crippen LogP contribution in [0.2, 0.25) is 0 Å². The van der Waals surface area contributed by atoms with Gasteiger partial charge in [0.05, 0.1) is 6.61 Å². The smallest absolute Gasteiger partial charge is 0.328 e. The number of hydrogen-bond acceptors (Lipinski definition) is 4. The number of rotatable bonds is 2. The predicted molar refractivity (Wildman–Crippen MR) is 91.9 cm³/mol. The molecule has 6 heteroatoms. The number of aliphatic carboxylic acids is 1. The van der Waals surface area contributed by atoms with Gasteiger partial charge in [-0.25, -0.2) is 4.79 Å². The van der Waals surface area contributed by atoms with Crippen molar-refractivity contribution < 1.29 is 19.4 Å². The lowest BCUT2D eigenvalue weighted by atomic mass is 9.70. The van der Waals surface area contributed by atoms with Crippen molar-refractivity contribution in [2.75, 3.05) is 6.61 Å². The molecule has 0 bridgehead atoms. The number of ether oxygens (including phenoxy) is 1. The number of nitrogens with zero attached hydrogens (tertiary/aromatic N) is 2. The second-order valence-corrected chi connectivity index (χ2v) is 8.16. The second kappa shape index (κ2) is 6.41. The quantitative estimate of drug-likeness (QED) is 0.890. The van der Waals surface area contributed by atoms with Gasteiger partial charge in [0.2, 0.25) is 0 Å². The van der Waals surface area contributed by atoms with Gasteiger partial charge in [0.15, 0.2) is 6.04 Å². The molecule has 136 valence electrons. The number of carbonyl (C=O) groups excluding carboxylic acids is 1. The van der Waals surface area contributed by atoms with Gasteiger partial charge in [-0.05, 0) is 49.1 Å². The Kier molecular flexibility index (Phi) is 4.58. The Bertz CT molecular complexity index is 645. The molecule has 1 aromatic heterocycles. The van der Waals surface area contributed by atoms with Crippen LogP contribution in [-0.2, 0) is 9.53 Å². The van der Waals surface area contributed by atoms with E-state index in [0.717, 1.165) is 12.8 Å². The van der Waals surface area contributed by atoms with Gasteiger partial charge in [0, 0.05) is 18.0 Å². The molecule has 0 radical (unpaired) electrons. The number of hydrogen-bond donors (Lipinski definition) is 1. The Morgan fingerprint density at radius 2 is 1.84 bits per heavy atom. The average Bonchev–Trinajstić information content (AvgIpc) is 2.93. The molecular weight excluding hydrogens is 320 g/mol. The molecule has 1 unspecified atom stereocenters. The van der Waals surface area contributed by atoms with E-state index in [2.05, 4.69) is 25.8 Å². The van der Waals surface area contributed by atoms with Crippen LogP contribution in [0, 0.1) is 11.3 Å². The molecule has 1 amide bonds. The van der Waals surface area contributed by atoms with Gasteiger partial charge >= 0.3 is 5.97 Å². The summed E-state index contributed by atoms with van der Waals surface area (Å²) in [5.74, 6) is -0.762. The fraction of sp³-hybridized carbons (Fsp3) is 0.632. The molecule has 0 aromatic carbocycles. The first-order valence-electron chi connectivity index (χ1n) is 8.85. The normalized spacial score (nSPS) is 29.8. The zero-order chi connectivity index (χ0) is 18.2. The van der Waals surface area contributed by atoms with E-state index in [0.29, 0.717) is 24.3 Å². The summed E-state index contributed by atoms with van der Waals surface area (Å²) in [6, 6.07) is 2.30. The standard InChI is InChI=1S/C19H26N2O4/c1-18(2,3)14-4-8-19(9-5-14)21(15(12-25-19)17(23)24)16(22)13-6-10-20-11-7-13/h6-7,10-11,14-15H,4-5,8-9,12H2,1-3H3,(H,23,24). The van der Waals surface area contributed by atoms with Crippen molar-refractivity contribution in [3.05, 3.63) is 30.1 Å². The molecule has 1 aromatic rings. The lowest BCUT2D eigenvalue weighted by Gasteiger charge is -2.46. The van der Waals surface area contributed by atoms with E-state index < -0.39 is 17.7 Å². The number of amides is 1. The van der Waals surface area contributed by atoms with E-state index in [4.69, 9.17) is 4.74 Å². The van der Waals surface area contributed by atoms with Crippen LogP contribution < -0.4 is 0 Å². The highest BCUT2D eigenvalue weighted by atomic mass is 16.5. The number of pyridine rings is 1. The minimum atomic E-state index is -1.02. The minimum absolute atomic E-state index is 0.0480. The zero-order valence-electron chi connectivity index (χ0n) is 15.1. The van der Waals surface area contributed by atoms with Crippen LogP contribution in [0.25, 0.3) is 0 Å². The Hall–Kier alpha value is -1.95. The lowest BCUT2D eigenvalue weighted by Crippen LogP contribution is -2.55. The van der Waals surface area contributed by atoms with Gasteiger partial charge in [0.1, 0.15) is 5.72 Å². The van der Waals surface area contributed by atoms with Crippen LogP contribution in [0.15, 0.2) is 24.5 Å². The summed E-state index contributed by atoms with van der Waals surface area (Å²) in [4.78, 5) is 30.2. The van der Waals surface area contributed by atoms with E-state index in [-0.39, 0.29) is 17.9 Å². The third-order valence-corrected chi connectivity index (χ3v) is 5.68. The Balaban J connectivity index is 1.88. The molecule has 6 nitrogen and oxygen atoms in total. The van der Waals surface area contributed by atoms with Crippen LogP contribution in [0.4, 0.5) is 0 Å². The first-order valence-corrected chi connectivity index (χ1v) is 8.85. The van der Waals surface area contributed by atoms with E-state index in [1.54, 1.807) is 24.5 Å². The first kappa shape index (κ1) is 17.9. The summed E-state index contributed by atoms with van der Waals surface area (Å²) >= 11 is 0. The van der Waals surface area contributed by atoms with Crippen LogP contribution in [0.1, 0.15) is 56.8 Å². The zero-order valence-corrected chi connectivity index (χ0v) is 15.1. The van der Waals surface area contributed by atoms with Crippen molar-refractivity contribution in [1.82, 2.24) is 9.88 Å². The largest absolute Gasteiger partial charge is 0.480 e. The highest BCUT2D eigenvalue weighted by molar-refractivity contribution is 5.97. The molecule has 1 spiro atoms. The molecule has 1 saturated heterocycles. The van der Waals surface area contributed by atoms with E-state index >= 15 is 0 Å². The monoisotopic (exact) mass is 346 g/mol. The van der Waals surface area contributed by atoms with Crippen molar-refractivity contribution in [3.63, 3.8) is 0 Å². The van der Waals surface area contributed by atoms with Crippen LogP contribution in [0.3, 0.4) is 0 Å². The fourth-order valence-electron chi connectivity index (χ4n) is 4.12. The Morgan fingerprint density at radius 3 is 2.36 bits per heavy atom. The van der Waals surface area contributed by atoms with Crippen molar-refractivity contribution in [3.8, 4) is 0 Å². The molecule has 2 aliphatic rings. The lowest BCUT2D eigenvalue weighted by molar-refractivity contribution is -0.144. The summed E-state index contributed by atoms with van der Waals surface area (Å²) in [6.07, 6.45) is 6.29. The molecule has 3 rings (SSSR count). The third-order valence-electron chi connectivity index (χ3n) is 5.68. The third kappa shape index (κ3) is 3.27. The van der Waals surface area contributed by atoms with Crippen molar-refractivity contribution >= 4 is 11.9 Å². The van der Waals surface area contributed by atoms with Crippen molar-refractivity contribution in [2.45, 2.75) is 58.2 Å². The number of carbonyl (C=O) groups is 2. The summed E-state index contributed by atoms with van der Waals surface area (Å²) in [6.45, 7) is 6.73.